The van der Waals surface area contributed by atoms with Crippen LogP contribution in [0, 0.1) is 0 Å². The van der Waals surface area contributed by atoms with E-state index < -0.39 is 0 Å². The van der Waals surface area contributed by atoms with E-state index in [4.69, 9.17) is 5.73 Å². The van der Waals surface area contributed by atoms with Gasteiger partial charge < -0.3 is 11.1 Å². The fourth-order valence-corrected chi connectivity index (χ4v) is 2.79. The zero-order chi connectivity index (χ0) is 10.5. The van der Waals surface area contributed by atoms with E-state index in [0.29, 0.717) is 11.0 Å². The number of carbonyl (C=O) groups excluding carboxylic acids is 1. The number of amides is 1. The molecule has 2 aliphatic rings. The third kappa shape index (κ3) is 1.03. The minimum atomic E-state index is -0.337. The maximum Gasteiger partial charge on any atom is 0.250 e. The summed E-state index contributed by atoms with van der Waals surface area (Å²) in [7, 11) is 0. The van der Waals surface area contributed by atoms with Crippen LogP contribution in [0.25, 0.3) is 0 Å². The van der Waals surface area contributed by atoms with Crippen molar-refractivity contribution >= 4 is 11.6 Å². The van der Waals surface area contributed by atoms with E-state index in [1.807, 2.05) is 6.07 Å². The first kappa shape index (κ1) is 8.77. The smallest absolute Gasteiger partial charge is 0.250 e. The standard InChI is InChI=1S/C12H14N2O/c13-11(15)8-3-1-4-9-10(8)14-7-12(9)5-2-6-12/h1,3-4,14H,2,5-7H2,(H2,13,15). The largest absolute Gasteiger partial charge is 0.383 e. The molecule has 3 heteroatoms. The maximum absolute atomic E-state index is 11.3. The monoisotopic (exact) mass is 202 g/mol. The van der Waals surface area contributed by atoms with Gasteiger partial charge in [0, 0.05) is 12.0 Å². The highest BCUT2D eigenvalue weighted by molar-refractivity contribution is 6.00. The zero-order valence-electron chi connectivity index (χ0n) is 8.55. The van der Waals surface area contributed by atoms with Crippen LogP contribution in [0.5, 0.6) is 0 Å². The third-order valence-electron chi connectivity index (χ3n) is 3.82. The van der Waals surface area contributed by atoms with Gasteiger partial charge in [-0.1, -0.05) is 18.6 Å². The van der Waals surface area contributed by atoms with Crippen LogP contribution in [-0.4, -0.2) is 12.5 Å². The molecular weight excluding hydrogens is 188 g/mol. The highest BCUT2D eigenvalue weighted by Gasteiger charge is 2.44. The average Bonchev–Trinajstić information content (AvgIpc) is 2.55. The molecule has 1 heterocycles. The first-order valence-electron chi connectivity index (χ1n) is 5.40. The lowest BCUT2D eigenvalue weighted by Crippen LogP contribution is -2.35. The molecule has 0 saturated heterocycles. The average molecular weight is 202 g/mol. The van der Waals surface area contributed by atoms with Gasteiger partial charge in [-0.15, -0.1) is 0 Å². The van der Waals surface area contributed by atoms with E-state index in [1.54, 1.807) is 6.07 Å². The second-order valence-electron chi connectivity index (χ2n) is 4.58. The quantitative estimate of drug-likeness (QED) is 0.727. The van der Waals surface area contributed by atoms with Crippen LogP contribution in [0.4, 0.5) is 5.69 Å². The number of para-hydroxylation sites is 1. The van der Waals surface area contributed by atoms with Crippen molar-refractivity contribution in [1.82, 2.24) is 0 Å². The van der Waals surface area contributed by atoms with E-state index in [0.717, 1.165) is 12.2 Å². The summed E-state index contributed by atoms with van der Waals surface area (Å²) >= 11 is 0. The fraction of sp³-hybridized carbons (Fsp3) is 0.417. The molecule has 1 aromatic rings. The minimum absolute atomic E-state index is 0.306. The van der Waals surface area contributed by atoms with Crippen LogP contribution in [0.2, 0.25) is 0 Å². The molecule has 3 N–H and O–H groups in total. The number of hydrogen-bond acceptors (Lipinski definition) is 2. The molecule has 78 valence electrons. The molecule has 1 aromatic carbocycles. The van der Waals surface area contributed by atoms with Gasteiger partial charge in [0.25, 0.3) is 5.91 Å². The van der Waals surface area contributed by atoms with Crippen LogP contribution in [-0.2, 0) is 5.41 Å². The fourth-order valence-electron chi connectivity index (χ4n) is 2.79. The van der Waals surface area contributed by atoms with Crippen molar-refractivity contribution in [3.05, 3.63) is 29.3 Å². The van der Waals surface area contributed by atoms with Gasteiger partial charge in [-0.25, -0.2) is 0 Å². The van der Waals surface area contributed by atoms with Crippen molar-refractivity contribution in [2.24, 2.45) is 5.73 Å². The van der Waals surface area contributed by atoms with E-state index in [2.05, 4.69) is 11.4 Å². The van der Waals surface area contributed by atoms with Crippen molar-refractivity contribution in [2.45, 2.75) is 24.7 Å². The molecule has 0 atom stereocenters. The number of anilines is 1. The molecule has 3 rings (SSSR count). The highest BCUT2D eigenvalue weighted by atomic mass is 16.1. The number of hydrogen-bond donors (Lipinski definition) is 2. The first-order valence-corrected chi connectivity index (χ1v) is 5.40. The Balaban J connectivity index is 2.15. The zero-order valence-corrected chi connectivity index (χ0v) is 8.55. The van der Waals surface area contributed by atoms with E-state index in [1.165, 1.54) is 24.8 Å². The summed E-state index contributed by atoms with van der Waals surface area (Å²) in [5.41, 5.74) is 8.57. The second kappa shape index (κ2) is 2.75. The van der Waals surface area contributed by atoms with Gasteiger partial charge in [-0.3, -0.25) is 4.79 Å². The van der Waals surface area contributed by atoms with Crippen LogP contribution >= 0.6 is 0 Å². The van der Waals surface area contributed by atoms with Gasteiger partial charge in [0.05, 0.1) is 11.3 Å². The molecule has 0 unspecified atom stereocenters. The summed E-state index contributed by atoms with van der Waals surface area (Å²) in [5.74, 6) is -0.337. The lowest BCUT2D eigenvalue weighted by Gasteiger charge is -2.38. The molecule has 1 aliphatic heterocycles. The SMILES string of the molecule is NC(=O)c1cccc2c1NCC21CCC1. The number of nitrogens with one attached hydrogen (secondary N) is 1. The number of carbonyl (C=O) groups is 1. The molecular formula is C12H14N2O. The van der Waals surface area contributed by atoms with E-state index >= 15 is 0 Å². The topological polar surface area (TPSA) is 55.1 Å². The Morgan fingerprint density at radius 1 is 1.40 bits per heavy atom. The van der Waals surface area contributed by atoms with Crippen molar-refractivity contribution in [1.29, 1.82) is 0 Å². The molecule has 1 spiro atoms. The lowest BCUT2D eigenvalue weighted by molar-refractivity contribution is 0.100. The summed E-state index contributed by atoms with van der Waals surface area (Å²) < 4.78 is 0. The van der Waals surface area contributed by atoms with Crippen molar-refractivity contribution in [3.63, 3.8) is 0 Å². The summed E-state index contributed by atoms with van der Waals surface area (Å²) in [6, 6.07) is 5.86. The number of nitrogens with two attached hydrogens (primary N) is 1. The number of benzene rings is 1. The van der Waals surface area contributed by atoms with Gasteiger partial charge in [-0.05, 0) is 24.5 Å². The Bertz CT molecular complexity index is 435. The minimum Gasteiger partial charge on any atom is -0.383 e. The molecule has 1 aliphatic carbocycles. The number of fused-ring (bicyclic) bond motifs is 2. The highest BCUT2D eigenvalue weighted by Crippen LogP contribution is 2.50. The number of primary amides is 1. The van der Waals surface area contributed by atoms with Gasteiger partial charge >= 0.3 is 0 Å². The van der Waals surface area contributed by atoms with Gasteiger partial charge in [-0.2, -0.15) is 0 Å². The molecule has 1 saturated carbocycles. The second-order valence-corrected chi connectivity index (χ2v) is 4.58. The van der Waals surface area contributed by atoms with Gasteiger partial charge in [0.15, 0.2) is 0 Å². The van der Waals surface area contributed by atoms with Crippen LogP contribution in [0.3, 0.4) is 0 Å². The third-order valence-corrected chi connectivity index (χ3v) is 3.82. The van der Waals surface area contributed by atoms with Crippen molar-refractivity contribution < 1.29 is 4.79 Å². The van der Waals surface area contributed by atoms with Crippen molar-refractivity contribution in [2.75, 3.05) is 11.9 Å². The van der Waals surface area contributed by atoms with Crippen LogP contribution in [0.1, 0.15) is 35.2 Å². The Hall–Kier alpha value is -1.51. The summed E-state index contributed by atoms with van der Waals surface area (Å²) in [6.45, 7) is 0.965. The van der Waals surface area contributed by atoms with Crippen LogP contribution in [0.15, 0.2) is 18.2 Å². The molecule has 15 heavy (non-hydrogen) atoms. The Labute approximate surface area is 88.7 Å². The van der Waals surface area contributed by atoms with Crippen LogP contribution < -0.4 is 11.1 Å². The summed E-state index contributed by atoms with van der Waals surface area (Å²) in [6.07, 6.45) is 3.76. The Morgan fingerprint density at radius 2 is 2.20 bits per heavy atom. The van der Waals surface area contributed by atoms with E-state index in [-0.39, 0.29) is 5.91 Å². The maximum atomic E-state index is 11.3. The predicted molar refractivity (Wildman–Crippen MR) is 59.0 cm³/mol. The molecule has 0 aromatic heterocycles. The normalized spacial score (nSPS) is 20.5. The van der Waals surface area contributed by atoms with Crippen molar-refractivity contribution in [3.8, 4) is 0 Å². The molecule has 1 amide bonds. The summed E-state index contributed by atoms with van der Waals surface area (Å²) in [4.78, 5) is 11.3. The Kier molecular flexibility index (Phi) is 1.61. The summed E-state index contributed by atoms with van der Waals surface area (Å²) in [5, 5.41) is 3.34. The predicted octanol–water partition coefficient (Wildman–Crippen LogP) is 1.63. The molecule has 0 radical (unpaired) electrons. The number of rotatable bonds is 1. The lowest BCUT2D eigenvalue weighted by atomic mass is 9.65. The van der Waals surface area contributed by atoms with Gasteiger partial charge in [0.1, 0.15) is 0 Å². The Morgan fingerprint density at radius 3 is 2.80 bits per heavy atom. The van der Waals surface area contributed by atoms with E-state index in [9.17, 15) is 4.79 Å². The molecule has 0 bridgehead atoms. The van der Waals surface area contributed by atoms with Gasteiger partial charge in [0.2, 0.25) is 0 Å². The first-order chi connectivity index (χ1) is 7.23. The molecule has 3 nitrogen and oxygen atoms in total. The molecule has 1 fully saturated rings.